The second kappa shape index (κ2) is 8.13. The molecule has 0 bridgehead atoms. The van der Waals surface area contributed by atoms with Crippen LogP contribution in [0.2, 0.25) is 0 Å². The second-order valence-corrected chi connectivity index (χ2v) is 8.28. The minimum absolute atomic E-state index is 0.000141. The normalized spacial score (nSPS) is 15.2. The number of carbonyl (C=O) groups excluding carboxylic acids is 1. The molecule has 0 unspecified atom stereocenters. The molecule has 0 atom stereocenters. The molecule has 1 heterocycles. The summed E-state index contributed by atoms with van der Waals surface area (Å²) in [6, 6.07) is 9.29. The molecule has 29 heavy (non-hydrogen) atoms. The maximum atomic E-state index is 13.7. The quantitative estimate of drug-likeness (QED) is 0.560. The number of nitrogens with one attached hydrogen (secondary N) is 1. The first-order chi connectivity index (χ1) is 13.6. The van der Waals surface area contributed by atoms with Crippen LogP contribution in [0.4, 0.5) is 21.5 Å². The molecule has 0 aliphatic carbocycles. The molecular weight excluding hydrogens is 403 g/mol. The standard InChI is InChI=1S/C18H19FN4O5S/c19-13-9-14(11-15(10-13)29(20,27)28)21-18(24)12-5-7-22(8-6-12)16-3-1-2-4-17(16)23(25)26/h1-4,9-12H,5-8H2,(H,21,24)(H2,20,27,28). The van der Waals surface area contributed by atoms with E-state index in [0.29, 0.717) is 31.6 Å². The lowest BCUT2D eigenvalue weighted by Gasteiger charge is -2.32. The van der Waals surface area contributed by atoms with Crippen molar-refractivity contribution >= 4 is 33.0 Å². The van der Waals surface area contributed by atoms with Crippen molar-refractivity contribution in [1.29, 1.82) is 0 Å². The van der Waals surface area contributed by atoms with Crippen molar-refractivity contribution in [1.82, 2.24) is 0 Å². The number of anilines is 2. The van der Waals surface area contributed by atoms with E-state index < -0.39 is 31.6 Å². The van der Waals surface area contributed by atoms with Gasteiger partial charge in [0.25, 0.3) is 5.69 Å². The van der Waals surface area contributed by atoms with Gasteiger partial charge in [0.2, 0.25) is 15.9 Å². The minimum Gasteiger partial charge on any atom is -0.366 e. The lowest BCUT2D eigenvalue weighted by Crippen LogP contribution is -2.38. The summed E-state index contributed by atoms with van der Waals surface area (Å²) < 4.78 is 36.5. The number of amides is 1. The lowest BCUT2D eigenvalue weighted by molar-refractivity contribution is -0.384. The molecule has 1 aliphatic rings. The molecule has 0 spiro atoms. The van der Waals surface area contributed by atoms with E-state index in [1.54, 1.807) is 18.2 Å². The van der Waals surface area contributed by atoms with Gasteiger partial charge in [-0.1, -0.05) is 12.1 Å². The van der Waals surface area contributed by atoms with Crippen molar-refractivity contribution in [2.75, 3.05) is 23.3 Å². The first-order valence-corrected chi connectivity index (χ1v) is 10.3. The Morgan fingerprint density at radius 2 is 1.86 bits per heavy atom. The third-order valence-electron chi connectivity index (χ3n) is 4.75. The molecular formula is C18H19FN4O5S. The van der Waals surface area contributed by atoms with E-state index in [2.05, 4.69) is 5.32 Å². The van der Waals surface area contributed by atoms with Crippen molar-refractivity contribution in [3.05, 3.63) is 58.4 Å². The van der Waals surface area contributed by atoms with Crippen molar-refractivity contribution in [3.8, 4) is 0 Å². The molecule has 2 aromatic carbocycles. The van der Waals surface area contributed by atoms with Crippen molar-refractivity contribution in [2.24, 2.45) is 11.1 Å². The molecule has 3 rings (SSSR count). The van der Waals surface area contributed by atoms with Crippen LogP contribution in [0.25, 0.3) is 0 Å². The highest BCUT2D eigenvalue weighted by atomic mass is 32.2. The Kier molecular flexibility index (Phi) is 5.80. The molecule has 3 N–H and O–H groups in total. The van der Waals surface area contributed by atoms with E-state index >= 15 is 0 Å². The highest BCUT2D eigenvalue weighted by Gasteiger charge is 2.28. The SMILES string of the molecule is NS(=O)(=O)c1cc(F)cc(NC(=O)C2CCN(c3ccccc3[N+](=O)[O-])CC2)c1. The summed E-state index contributed by atoms with van der Waals surface area (Å²) in [5.74, 6) is -1.61. The number of para-hydroxylation sites is 2. The highest BCUT2D eigenvalue weighted by molar-refractivity contribution is 7.89. The number of nitrogens with two attached hydrogens (primary N) is 1. The van der Waals surface area contributed by atoms with Crippen LogP contribution >= 0.6 is 0 Å². The number of carbonyl (C=O) groups is 1. The van der Waals surface area contributed by atoms with E-state index in [0.717, 1.165) is 18.2 Å². The second-order valence-electron chi connectivity index (χ2n) is 6.72. The van der Waals surface area contributed by atoms with E-state index in [1.165, 1.54) is 6.07 Å². The predicted octanol–water partition coefficient (Wildman–Crippen LogP) is 2.24. The maximum absolute atomic E-state index is 13.7. The van der Waals surface area contributed by atoms with Gasteiger partial charge in [-0.25, -0.2) is 17.9 Å². The molecule has 154 valence electrons. The van der Waals surface area contributed by atoms with Gasteiger partial charge in [0.15, 0.2) is 0 Å². The van der Waals surface area contributed by atoms with Crippen LogP contribution in [0, 0.1) is 21.8 Å². The van der Waals surface area contributed by atoms with Crippen LogP contribution in [-0.4, -0.2) is 32.3 Å². The number of hydrogen-bond acceptors (Lipinski definition) is 6. The molecule has 0 saturated carbocycles. The van der Waals surface area contributed by atoms with E-state index in [-0.39, 0.29) is 17.3 Å². The van der Waals surface area contributed by atoms with E-state index in [4.69, 9.17) is 5.14 Å². The van der Waals surface area contributed by atoms with Gasteiger partial charge in [0.05, 0.1) is 9.82 Å². The number of rotatable bonds is 5. The average molecular weight is 422 g/mol. The van der Waals surface area contributed by atoms with Gasteiger partial charge >= 0.3 is 0 Å². The summed E-state index contributed by atoms with van der Waals surface area (Å²) in [6.45, 7) is 0.878. The van der Waals surface area contributed by atoms with Gasteiger partial charge in [-0.2, -0.15) is 0 Å². The molecule has 11 heteroatoms. The molecule has 0 radical (unpaired) electrons. The molecule has 9 nitrogen and oxygen atoms in total. The summed E-state index contributed by atoms with van der Waals surface area (Å²) in [6.07, 6.45) is 0.879. The van der Waals surface area contributed by atoms with Crippen LogP contribution in [0.3, 0.4) is 0 Å². The van der Waals surface area contributed by atoms with Crippen molar-refractivity contribution < 1.29 is 22.5 Å². The van der Waals surface area contributed by atoms with Gasteiger partial charge in [-0.15, -0.1) is 0 Å². The summed E-state index contributed by atoms with van der Waals surface area (Å²) in [5.41, 5.74) is 0.505. The Morgan fingerprint density at radius 3 is 2.48 bits per heavy atom. The Bertz CT molecular complexity index is 1050. The van der Waals surface area contributed by atoms with Crippen LogP contribution in [-0.2, 0) is 14.8 Å². The van der Waals surface area contributed by atoms with E-state index in [1.807, 2.05) is 4.90 Å². The Hall–Kier alpha value is -3.05. The Balaban J connectivity index is 1.67. The summed E-state index contributed by atoms with van der Waals surface area (Å²) >= 11 is 0. The Labute approximate surface area is 166 Å². The lowest BCUT2D eigenvalue weighted by atomic mass is 9.95. The predicted molar refractivity (Wildman–Crippen MR) is 104 cm³/mol. The first-order valence-electron chi connectivity index (χ1n) is 8.78. The van der Waals surface area contributed by atoms with Crippen LogP contribution in [0.1, 0.15) is 12.8 Å². The summed E-state index contributed by atoms with van der Waals surface area (Å²) in [7, 11) is -4.11. The Morgan fingerprint density at radius 1 is 1.21 bits per heavy atom. The number of halogens is 1. The van der Waals surface area contributed by atoms with Crippen molar-refractivity contribution in [2.45, 2.75) is 17.7 Å². The van der Waals surface area contributed by atoms with Crippen LogP contribution < -0.4 is 15.4 Å². The fourth-order valence-electron chi connectivity index (χ4n) is 3.31. The largest absolute Gasteiger partial charge is 0.366 e. The number of primary sulfonamides is 1. The molecule has 0 aromatic heterocycles. The number of benzene rings is 2. The number of hydrogen-bond donors (Lipinski definition) is 2. The molecule has 1 fully saturated rings. The fourth-order valence-corrected chi connectivity index (χ4v) is 3.88. The third kappa shape index (κ3) is 4.87. The third-order valence-corrected chi connectivity index (χ3v) is 5.64. The highest BCUT2D eigenvalue weighted by Crippen LogP contribution is 2.31. The monoisotopic (exact) mass is 422 g/mol. The fraction of sp³-hybridized carbons (Fsp3) is 0.278. The zero-order valence-electron chi connectivity index (χ0n) is 15.2. The van der Waals surface area contributed by atoms with Gasteiger partial charge < -0.3 is 10.2 Å². The molecule has 2 aromatic rings. The minimum atomic E-state index is -4.11. The number of nitro groups is 1. The van der Waals surface area contributed by atoms with Gasteiger partial charge in [-0.05, 0) is 37.1 Å². The topological polar surface area (TPSA) is 136 Å². The van der Waals surface area contributed by atoms with E-state index in [9.17, 15) is 27.7 Å². The smallest absolute Gasteiger partial charge is 0.292 e. The zero-order chi connectivity index (χ0) is 21.2. The molecule has 1 aliphatic heterocycles. The molecule has 1 saturated heterocycles. The maximum Gasteiger partial charge on any atom is 0.292 e. The molecule has 1 amide bonds. The van der Waals surface area contributed by atoms with Crippen LogP contribution in [0.15, 0.2) is 47.4 Å². The van der Waals surface area contributed by atoms with Crippen molar-refractivity contribution in [3.63, 3.8) is 0 Å². The number of sulfonamides is 1. The van der Waals surface area contributed by atoms with Gasteiger partial charge in [0, 0.05) is 30.8 Å². The zero-order valence-corrected chi connectivity index (χ0v) is 16.1. The number of nitro benzene ring substituents is 1. The number of piperidine rings is 1. The summed E-state index contributed by atoms with van der Waals surface area (Å²) in [5, 5.41) is 18.7. The number of nitrogens with zero attached hydrogens (tertiary/aromatic N) is 2. The first kappa shape index (κ1) is 20.7. The van der Waals surface area contributed by atoms with Gasteiger partial charge in [0.1, 0.15) is 11.5 Å². The average Bonchev–Trinajstić information content (AvgIpc) is 2.67. The summed E-state index contributed by atoms with van der Waals surface area (Å²) in [4.78, 5) is 24.7. The van der Waals surface area contributed by atoms with Crippen LogP contribution in [0.5, 0.6) is 0 Å². The van der Waals surface area contributed by atoms with Gasteiger partial charge in [-0.3, -0.25) is 14.9 Å².